The molecule has 0 amide bonds. The zero-order valence-corrected chi connectivity index (χ0v) is 13.6. The van der Waals surface area contributed by atoms with E-state index in [1.54, 1.807) is 0 Å². The molecule has 2 rings (SSSR count). The molecule has 21 heavy (non-hydrogen) atoms. The van der Waals surface area contributed by atoms with Crippen molar-refractivity contribution in [3.63, 3.8) is 0 Å². The molecule has 118 valence electrons. The van der Waals surface area contributed by atoms with Crippen LogP contribution < -0.4 is 4.74 Å². The van der Waals surface area contributed by atoms with E-state index in [2.05, 4.69) is 37.8 Å². The second-order valence-electron chi connectivity index (χ2n) is 6.53. The maximum atomic E-state index is 10.2. The van der Waals surface area contributed by atoms with E-state index >= 15 is 0 Å². The van der Waals surface area contributed by atoms with Crippen LogP contribution >= 0.6 is 0 Å². The molecule has 0 bridgehead atoms. The van der Waals surface area contributed by atoms with Gasteiger partial charge in [0.2, 0.25) is 0 Å². The summed E-state index contributed by atoms with van der Waals surface area (Å²) in [6, 6.07) is 8.76. The maximum absolute atomic E-state index is 10.2. The number of hydrogen-bond acceptors (Lipinski definition) is 3. The van der Waals surface area contributed by atoms with Crippen molar-refractivity contribution in [3.8, 4) is 5.75 Å². The van der Waals surface area contributed by atoms with Crippen LogP contribution in [0.3, 0.4) is 0 Å². The number of nitrogens with zero attached hydrogens (tertiary/aromatic N) is 1. The predicted octanol–water partition coefficient (Wildman–Crippen LogP) is 3.42. The quantitative estimate of drug-likeness (QED) is 0.871. The molecular formula is C18H29NO2. The molecule has 3 nitrogen and oxygen atoms in total. The third kappa shape index (κ3) is 5.01. The number of aliphatic hydroxyl groups excluding tert-OH is 1. The molecule has 1 N–H and O–H groups in total. The Balaban J connectivity index is 1.76. The largest absolute Gasteiger partial charge is 0.491 e. The van der Waals surface area contributed by atoms with Gasteiger partial charge in [0.15, 0.2) is 0 Å². The number of benzene rings is 1. The highest BCUT2D eigenvalue weighted by molar-refractivity contribution is 5.28. The minimum absolute atomic E-state index is 0.365. The Morgan fingerprint density at radius 3 is 2.57 bits per heavy atom. The molecule has 1 heterocycles. The molecule has 0 aliphatic carbocycles. The summed E-state index contributed by atoms with van der Waals surface area (Å²) in [5.41, 5.74) is 1.31. The van der Waals surface area contributed by atoms with Gasteiger partial charge in [-0.2, -0.15) is 0 Å². The summed E-state index contributed by atoms with van der Waals surface area (Å²) in [6.45, 7) is 8.78. The minimum atomic E-state index is -0.421. The van der Waals surface area contributed by atoms with Crippen LogP contribution in [0.2, 0.25) is 0 Å². The maximum Gasteiger partial charge on any atom is 0.119 e. The fourth-order valence-electron chi connectivity index (χ4n) is 2.89. The van der Waals surface area contributed by atoms with Crippen molar-refractivity contribution in [3.05, 3.63) is 29.8 Å². The van der Waals surface area contributed by atoms with Crippen molar-refractivity contribution < 1.29 is 9.84 Å². The Morgan fingerprint density at radius 1 is 1.24 bits per heavy atom. The Bertz CT molecular complexity index is 416. The average molecular weight is 291 g/mol. The van der Waals surface area contributed by atoms with Gasteiger partial charge in [-0.15, -0.1) is 0 Å². The highest BCUT2D eigenvalue weighted by Gasteiger charge is 2.20. The molecule has 0 saturated carbocycles. The van der Waals surface area contributed by atoms with Gasteiger partial charge in [0.25, 0.3) is 0 Å². The smallest absolute Gasteiger partial charge is 0.119 e. The van der Waals surface area contributed by atoms with Gasteiger partial charge in [0, 0.05) is 12.6 Å². The number of rotatable bonds is 6. The normalized spacial score (nSPS) is 21.5. The van der Waals surface area contributed by atoms with Gasteiger partial charge >= 0.3 is 0 Å². The Morgan fingerprint density at radius 2 is 1.95 bits per heavy atom. The van der Waals surface area contributed by atoms with Crippen molar-refractivity contribution in [1.82, 2.24) is 4.90 Å². The molecule has 2 atom stereocenters. The van der Waals surface area contributed by atoms with E-state index in [-0.39, 0.29) is 0 Å². The molecule has 1 aromatic carbocycles. The summed E-state index contributed by atoms with van der Waals surface area (Å²) in [6.07, 6.45) is 3.38. The van der Waals surface area contributed by atoms with Crippen LogP contribution in [0.1, 0.15) is 51.5 Å². The number of β-amino-alcohol motifs (C(OH)–C–C–N with tert-alkyl or cyclic N) is 1. The molecule has 1 fully saturated rings. The van der Waals surface area contributed by atoms with E-state index in [0.717, 1.165) is 12.3 Å². The van der Waals surface area contributed by atoms with Gasteiger partial charge in [0.05, 0.1) is 0 Å². The van der Waals surface area contributed by atoms with Crippen molar-refractivity contribution >= 4 is 0 Å². The van der Waals surface area contributed by atoms with Crippen LogP contribution in [0, 0.1) is 0 Å². The first-order valence-electron chi connectivity index (χ1n) is 8.21. The molecule has 1 aliphatic rings. The van der Waals surface area contributed by atoms with Crippen molar-refractivity contribution in [2.24, 2.45) is 0 Å². The van der Waals surface area contributed by atoms with Crippen LogP contribution in [0.15, 0.2) is 24.3 Å². The molecule has 1 saturated heterocycles. The summed E-state index contributed by atoms with van der Waals surface area (Å²) in [4.78, 5) is 2.37. The van der Waals surface area contributed by atoms with Crippen LogP contribution in [0.25, 0.3) is 0 Å². The lowest BCUT2D eigenvalue weighted by Gasteiger charge is -2.34. The van der Waals surface area contributed by atoms with Crippen molar-refractivity contribution in [2.75, 3.05) is 19.7 Å². The molecule has 1 aliphatic heterocycles. The third-order valence-electron chi connectivity index (χ3n) is 4.37. The lowest BCUT2D eigenvalue weighted by Crippen LogP contribution is -2.43. The number of ether oxygens (including phenoxy) is 1. The lowest BCUT2D eigenvalue weighted by molar-refractivity contribution is 0.0438. The Hall–Kier alpha value is -1.06. The number of hydrogen-bond donors (Lipinski definition) is 1. The Kier molecular flexibility index (Phi) is 6.07. The van der Waals surface area contributed by atoms with Gasteiger partial charge in [-0.3, -0.25) is 4.90 Å². The highest BCUT2D eigenvalue weighted by atomic mass is 16.5. The van der Waals surface area contributed by atoms with Crippen LogP contribution in [-0.4, -0.2) is 41.8 Å². The van der Waals surface area contributed by atoms with Gasteiger partial charge in [-0.05, 0) is 49.9 Å². The SMILES string of the molecule is CC(C)c1ccc(OC[C@@H](O)CN2CCCC[C@H]2C)cc1. The van der Waals surface area contributed by atoms with E-state index in [9.17, 15) is 5.11 Å². The minimum Gasteiger partial charge on any atom is -0.491 e. The Labute approximate surface area is 128 Å². The van der Waals surface area contributed by atoms with Gasteiger partial charge in [-0.25, -0.2) is 0 Å². The zero-order valence-electron chi connectivity index (χ0n) is 13.6. The van der Waals surface area contributed by atoms with Gasteiger partial charge in [0.1, 0.15) is 18.5 Å². The third-order valence-corrected chi connectivity index (χ3v) is 4.37. The van der Waals surface area contributed by atoms with Gasteiger partial charge in [-0.1, -0.05) is 32.4 Å². The summed E-state index contributed by atoms with van der Waals surface area (Å²) in [7, 11) is 0. The van der Waals surface area contributed by atoms with E-state index < -0.39 is 6.10 Å². The standard InChI is InChI=1S/C18H29NO2/c1-14(2)16-7-9-18(10-8-16)21-13-17(20)12-19-11-5-4-6-15(19)3/h7-10,14-15,17,20H,4-6,11-13H2,1-3H3/t15-,17+/m1/s1. The van der Waals surface area contributed by atoms with Crippen molar-refractivity contribution in [1.29, 1.82) is 0 Å². The van der Waals surface area contributed by atoms with Crippen LogP contribution in [0.5, 0.6) is 5.75 Å². The molecule has 0 unspecified atom stereocenters. The lowest BCUT2D eigenvalue weighted by atomic mass is 10.0. The molecule has 0 radical (unpaired) electrons. The summed E-state index contributed by atoms with van der Waals surface area (Å²) in [5, 5.41) is 10.2. The number of likely N-dealkylation sites (tertiary alicyclic amines) is 1. The second-order valence-corrected chi connectivity index (χ2v) is 6.53. The molecular weight excluding hydrogens is 262 g/mol. The first kappa shape index (κ1) is 16.3. The fourth-order valence-corrected chi connectivity index (χ4v) is 2.89. The van der Waals surface area contributed by atoms with Gasteiger partial charge < -0.3 is 9.84 Å². The summed E-state index contributed by atoms with van der Waals surface area (Å²) < 4.78 is 5.70. The van der Waals surface area contributed by atoms with E-state index in [1.165, 1.54) is 24.8 Å². The number of piperidine rings is 1. The van der Waals surface area contributed by atoms with E-state index in [0.29, 0.717) is 25.1 Å². The zero-order chi connectivity index (χ0) is 15.2. The second kappa shape index (κ2) is 7.81. The molecule has 0 aromatic heterocycles. The van der Waals surface area contributed by atoms with Crippen molar-refractivity contribution in [2.45, 2.75) is 58.1 Å². The first-order chi connectivity index (χ1) is 10.1. The molecule has 1 aromatic rings. The highest BCUT2D eigenvalue weighted by Crippen LogP contribution is 2.19. The van der Waals surface area contributed by atoms with E-state index in [4.69, 9.17) is 4.74 Å². The fraction of sp³-hybridized carbons (Fsp3) is 0.667. The first-order valence-corrected chi connectivity index (χ1v) is 8.21. The molecule has 0 spiro atoms. The van der Waals surface area contributed by atoms with Crippen LogP contribution in [-0.2, 0) is 0 Å². The predicted molar refractivity (Wildman–Crippen MR) is 86.9 cm³/mol. The monoisotopic (exact) mass is 291 g/mol. The summed E-state index contributed by atoms with van der Waals surface area (Å²) in [5.74, 6) is 1.37. The topological polar surface area (TPSA) is 32.7 Å². The molecule has 3 heteroatoms. The average Bonchev–Trinajstić information content (AvgIpc) is 2.48. The van der Waals surface area contributed by atoms with Crippen LogP contribution in [0.4, 0.5) is 0 Å². The summed E-state index contributed by atoms with van der Waals surface area (Å²) >= 11 is 0. The number of aliphatic hydroxyl groups is 1. The van der Waals surface area contributed by atoms with E-state index in [1.807, 2.05) is 12.1 Å².